The molecular formula is C23H29NO5. The molecule has 0 aliphatic rings. The summed E-state index contributed by atoms with van der Waals surface area (Å²) in [6.45, 7) is 5.52. The number of carbonyl (C=O) groups excluding carboxylic acids is 2. The summed E-state index contributed by atoms with van der Waals surface area (Å²) < 4.78 is 16.2. The first kappa shape index (κ1) is 22.3. The Bertz CT molecular complexity index is 781. The van der Waals surface area contributed by atoms with Crippen LogP contribution < -0.4 is 14.8 Å². The number of aryl methyl sites for hydroxylation is 1. The van der Waals surface area contributed by atoms with Gasteiger partial charge in [-0.15, -0.1) is 0 Å². The van der Waals surface area contributed by atoms with Gasteiger partial charge in [-0.1, -0.05) is 30.3 Å². The second-order valence-electron chi connectivity index (χ2n) is 7.69. The van der Waals surface area contributed by atoms with E-state index in [0.717, 1.165) is 5.56 Å². The van der Waals surface area contributed by atoms with Crippen LogP contribution in [0.15, 0.2) is 54.6 Å². The summed E-state index contributed by atoms with van der Waals surface area (Å²) in [5.74, 6) is 0.423. The van der Waals surface area contributed by atoms with Crippen LogP contribution in [0, 0.1) is 0 Å². The third-order valence-corrected chi connectivity index (χ3v) is 3.99. The van der Waals surface area contributed by atoms with Gasteiger partial charge in [0.15, 0.2) is 0 Å². The molecule has 0 aliphatic heterocycles. The van der Waals surface area contributed by atoms with Crippen molar-refractivity contribution in [2.75, 3.05) is 13.7 Å². The summed E-state index contributed by atoms with van der Waals surface area (Å²) in [6.07, 6.45) is -0.307. The van der Waals surface area contributed by atoms with E-state index in [4.69, 9.17) is 14.2 Å². The van der Waals surface area contributed by atoms with Gasteiger partial charge < -0.3 is 19.5 Å². The van der Waals surface area contributed by atoms with Crippen LogP contribution in [0.5, 0.6) is 11.5 Å². The molecule has 0 spiro atoms. The minimum Gasteiger partial charge on any atom is -0.497 e. The Morgan fingerprint density at radius 3 is 2.17 bits per heavy atom. The fourth-order valence-electron chi connectivity index (χ4n) is 2.57. The lowest BCUT2D eigenvalue weighted by atomic mass is 10.1. The predicted molar refractivity (Wildman–Crippen MR) is 111 cm³/mol. The molecule has 0 saturated heterocycles. The quantitative estimate of drug-likeness (QED) is 0.653. The molecule has 2 rings (SSSR count). The minimum absolute atomic E-state index is 0.0781. The van der Waals surface area contributed by atoms with E-state index in [1.54, 1.807) is 31.4 Å². The van der Waals surface area contributed by atoms with Crippen molar-refractivity contribution in [1.82, 2.24) is 5.32 Å². The SMILES string of the molecule is COc1ccc(OCC(OC(=O)CCc2ccccc2)C(=O)NC(C)(C)C)cc1. The average molecular weight is 399 g/mol. The second kappa shape index (κ2) is 10.5. The summed E-state index contributed by atoms with van der Waals surface area (Å²) >= 11 is 0. The molecule has 2 aromatic carbocycles. The fourth-order valence-corrected chi connectivity index (χ4v) is 2.57. The van der Waals surface area contributed by atoms with Gasteiger partial charge in [-0.25, -0.2) is 0 Å². The molecule has 0 aromatic heterocycles. The zero-order valence-corrected chi connectivity index (χ0v) is 17.4. The molecule has 0 saturated carbocycles. The van der Waals surface area contributed by atoms with Crippen molar-refractivity contribution < 1.29 is 23.8 Å². The van der Waals surface area contributed by atoms with Gasteiger partial charge in [0, 0.05) is 12.0 Å². The van der Waals surface area contributed by atoms with Gasteiger partial charge in [-0.2, -0.15) is 0 Å². The maximum absolute atomic E-state index is 12.6. The van der Waals surface area contributed by atoms with E-state index in [1.807, 2.05) is 51.1 Å². The summed E-state index contributed by atoms with van der Waals surface area (Å²) in [4.78, 5) is 24.9. The first-order valence-corrected chi connectivity index (χ1v) is 9.59. The lowest BCUT2D eigenvalue weighted by Crippen LogP contribution is -2.49. The van der Waals surface area contributed by atoms with E-state index >= 15 is 0 Å². The molecule has 0 fully saturated rings. The van der Waals surface area contributed by atoms with Crippen LogP contribution in [-0.4, -0.2) is 37.2 Å². The number of benzene rings is 2. The minimum atomic E-state index is -1.04. The molecule has 1 atom stereocenters. The van der Waals surface area contributed by atoms with Crippen molar-refractivity contribution in [3.8, 4) is 11.5 Å². The number of rotatable bonds is 9. The van der Waals surface area contributed by atoms with Gasteiger partial charge in [-0.05, 0) is 57.0 Å². The summed E-state index contributed by atoms with van der Waals surface area (Å²) in [6, 6.07) is 16.6. The van der Waals surface area contributed by atoms with Crippen molar-refractivity contribution in [3.63, 3.8) is 0 Å². The van der Waals surface area contributed by atoms with Gasteiger partial charge in [-0.3, -0.25) is 9.59 Å². The van der Waals surface area contributed by atoms with Crippen LogP contribution in [0.25, 0.3) is 0 Å². The van der Waals surface area contributed by atoms with Crippen LogP contribution in [0.1, 0.15) is 32.8 Å². The molecular weight excluding hydrogens is 370 g/mol. The van der Waals surface area contributed by atoms with Crippen LogP contribution in [0.4, 0.5) is 0 Å². The van der Waals surface area contributed by atoms with Crippen molar-refractivity contribution in [3.05, 3.63) is 60.2 Å². The molecule has 2 aromatic rings. The van der Waals surface area contributed by atoms with Crippen LogP contribution in [0.2, 0.25) is 0 Å². The molecule has 0 radical (unpaired) electrons. The Morgan fingerprint density at radius 1 is 0.966 bits per heavy atom. The molecule has 156 valence electrons. The number of ether oxygens (including phenoxy) is 3. The van der Waals surface area contributed by atoms with E-state index < -0.39 is 17.6 Å². The van der Waals surface area contributed by atoms with Gasteiger partial charge in [0.05, 0.1) is 7.11 Å². The van der Waals surface area contributed by atoms with Crippen molar-refractivity contribution in [2.24, 2.45) is 0 Å². The molecule has 6 heteroatoms. The zero-order valence-electron chi connectivity index (χ0n) is 17.4. The molecule has 0 bridgehead atoms. The predicted octanol–water partition coefficient (Wildman–Crippen LogP) is 3.53. The Hall–Kier alpha value is -3.02. The molecule has 0 aliphatic carbocycles. The first-order valence-electron chi connectivity index (χ1n) is 9.59. The van der Waals surface area contributed by atoms with E-state index in [9.17, 15) is 9.59 Å². The maximum atomic E-state index is 12.6. The molecule has 1 amide bonds. The highest BCUT2D eigenvalue weighted by molar-refractivity contribution is 5.84. The normalized spacial score (nSPS) is 12.0. The number of amides is 1. The standard InChI is InChI=1S/C23H29NO5/c1-23(2,3)24-22(26)20(16-28-19-13-11-18(27-4)12-14-19)29-21(25)15-10-17-8-6-5-7-9-17/h5-9,11-14,20H,10,15-16H2,1-4H3,(H,24,26). The Morgan fingerprint density at radius 2 is 1.59 bits per heavy atom. The Kier molecular flexibility index (Phi) is 8.07. The summed E-state index contributed by atoms with van der Waals surface area (Å²) in [5.41, 5.74) is 0.584. The maximum Gasteiger partial charge on any atom is 0.307 e. The highest BCUT2D eigenvalue weighted by Crippen LogP contribution is 2.17. The zero-order chi connectivity index (χ0) is 21.3. The fraction of sp³-hybridized carbons (Fsp3) is 0.391. The molecule has 6 nitrogen and oxygen atoms in total. The van der Waals surface area contributed by atoms with Gasteiger partial charge in [0.2, 0.25) is 6.10 Å². The summed E-state index contributed by atoms with van der Waals surface area (Å²) in [5, 5.41) is 2.84. The number of carbonyl (C=O) groups is 2. The second-order valence-corrected chi connectivity index (χ2v) is 7.69. The third kappa shape index (κ3) is 8.25. The Balaban J connectivity index is 1.97. The summed E-state index contributed by atoms with van der Waals surface area (Å²) in [7, 11) is 1.58. The molecule has 29 heavy (non-hydrogen) atoms. The van der Waals surface area contributed by atoms with Crippen LogP contribution >= 0.6 is 0 Å². The largest absolute Gasteiger partial charge is 0.497 e. The number of methoxy groups -OCH3 is 1. The highest BCUT2D eigenvalue weighted by Gasteiger charge is 2.27. The smallest absolute Gasteiger partial charge is 0.307 e. The lowest BCUT2D eigenvalue weighted by Gasteiger charge is -2.25. The highest BCUT2D eigenvalue weighted by atomic mass is 16.6. The van der Waals surface area contributed by atoms with Crippen molar-refractivity contribution >= 4 is 11.9 Å². The molecule has 1 unspecified atom stereocenters. The van der Waals surface area contributed by atoms with Crippen LogP contribution in [-0.2, 0) is 20.7 Å². The van der Waals surface area contributed by atoms with Crippen molar-refractivity contribution in [1.29, 1.82) is 0 Å². The Labute approximate surface area is 172 Å². The van der Waals surface area contributed by atoms with Gasteiger partial charge in [0.1, 0.15) is 18.1 Å². The third-order valence-electron chi connectivity index (χ3n) is 3.99. The van der Waals surface area contributed by atoms with Crippen molar-refractivity contribution in [2.45, 2.75) is 45.3 Å². The lowest BCUT2D eigenvalue weighted by molar-refractivity contribution is -0.158. The number of hydrogen-bond acceptors (Lipinski definition) is 5. The average Bonchev–Trinajstić information content (AvgIpc) is 2.69. The molecule has 1 N–H and O–H groups in total. The first-order chi connectivity index (χ1) is 13.8. The monoisotopic (exact) mass is 399 g/mol. The number of hydrogen-bond donors (Lipinski definition) is 1. The van der Waals surface area contributed by atoms with E-state index in [-0.39, 0.29) is 18.9 Å². The van der Waals surface area contributed by atoms with Crippen LogP contribution in [0.3, 0.4) is 0 Å². The van der Waals surface area contributed by atoms with Gasteiger partial charge in [0.25, 0.3) is 5.91 Å². The molecule has 0 heterocycles. The number of nitrogens with one attached hydrogen (secondary N) is 1. The topological polar surface area (TPSA) is 73.9 Å². The van der Waals surface area contributed by atoms with E-state index in [0.29, 0.717) is 17.9 Å². The van der Waals surface area contributed by atoms with Gasteiger partial charge >= 0.3 is 5.97 Å². The van der Waals surface area contributed by atoms with E-state index in [1.165, 1.54) is 0 Å². The van der Waals surface area contributed by atoms with E-state index in [2.05, 4.69) is 5.32 Å². The number of esters is 1.